The highest BCUT2D eigenvalue weighted by molar-refractivity contribution is 7.15. The van der Waals surface area contributed by atoms with Crippen molar-refractivity contribution in [1.29, 1.82) is 0 Å². The molecule has 2 aliphatic heterocycles. The maximum atomic E-state index is 5.40. The largest absolute Gasteiger partial charge is 0.378 e. The first-order chi connectivity index (χ1) is 11.8. The lowest BCUT2D eigenvalue weighted by molar-refractivity contribution is 0.122. The number of morpholine rings is 1. The molecule has 4 rings (SSSR count). The Morgan fingerprint density at radius 3 is 2.88 bits per heavy atom. The lowest BCUT2D eigenvalue weighted by Crippen LogP contribution is -2.37. The summed E-state index contributed by atoms with van der Waals surface area (Å²) in [5.41, 5.74) is 0. The van der Waals surface area contributed by atoms with E-state index in [1.54, 1.807) is 11.3 Å². The Bertz CT molecular complexity index is 688. The Balaban J connectivity index is 1.39. The van der Waals surface area contributed by atoms with Crippen molar-refractivity contribution >= 4 is 28.2 Å². The van der Waals surface area contributed by atoms with Crippen molar-refractivity contribution in [3.8, 4) is 0 Å². The number of rotatable bonds is 4. The fourth-order valence-corrected chi connectivity index (χ4v) is 3.76. The summed E-state index contributed by atoms with van der Waals surface area (Å²) in [5, 5.41) is 13.8. The third kappa shape index (κ3) is 3.41. The zero-order valence-electron chi connectivity index (χ0n) is 13.7. The van der Waals surface area contributed by atoms with Gasteiger partial charge in [0.25, 0.3) is 0 Å². The minimum absolute atomic E-state index is 0.328. The monoisotopic (exact) mass is 347 g/mol. The van der Waals surface area contributed by atoms with Crippen LogP contribution in [0.4, 0.5) is 16.9 Å². The van der Waals surface area contributed by atoms with Crippen molar-refractivity contribution in [2.45, 2.75) is 19.4 Å². The zero-order valence-corrected chi connectivity index (χ0v) is 14.5. The summed E-state index contributed by atoms with van der Waals surface area (Å²) in [6, 6.07) is 2.29. The van der Waals surface area contributed by atoms with Crippen LogP contribution in [0, 0.1) is 6.92 Å². The van der Waals surface area contributed by atoms with Crippen molar-refractivity contribution in [1.82, 2.24) is 20.2 Å². The van der Waals surface area contributed by atoms with Crippen LogP contribution in [0.3, 0.4) is 0 Å². The minimum atomic E-state index is 0.328. The predicted octanol–water partition coefficient (Wildman–Crippen LogP) is 1.16. The molecule has 4 heterocycles. The number of nitrogens with one attached hydrogen (secondary N) is 1. The first-order valence-electron chi connectivity index (χ1n) is 8.25. The molecule has 1 unspecified atom stereocenters. The average Bonchev–Trinajstić information content (AvgIpc) is 3.25. The molecule has 0 spiro atoms. The molecule has 0 radical (unpaired) electrons. The van der Waals surface area contributed by atoms with Crippen molar-refractivity contribution in [3.63, 3.8) is 0 Å². The summed E-state index contributed by atoms with van der Waals surface area (Å²) in [6.07, 6.45) is 2.87. The third-order valence-corrected chi connectivity index (χ3v) is 5.18. The van der Waals surface area contributed by atoms with E-state index in [0.717, 1.165) is 61.8 Å². The molecule has 2 aromatic heterocycles. The second-order valence-corrected chi connectivity index (χ2v) is 7.18. The molecule has 0 bridgehead atoms. The Hall–Kier alpha value is -2.00. The Labute approximate surface area is 144 Å². The van der Waals surface area contributed by atoms with Gasteiger partial charge in [-0.05, 0) is 19.4 Å². The van der Waals surface area contributed by atoms with E-state index in [9.17, 15) is 0 Å². The molecule has 0 amide bonds. The van der Waals surface area contributed by atoms with Crippen LogP contribution in [-0.2, 0) is 4.74 Å². The van der Waals surface area contributed by atoms with Gasteiger partial charge in [-0.3, -0.25) is 0 Å². The molecular formula is C15H21N7OS. The fourth-order valence-electron chi connectivity index (χ4n) is 3.04. The van der Waals surface area contributed by atoms with Gasteiger partial charge in [0.1, 0.15) is 10.8 Å². The molecule has 1 N–H and O–H groups in total. The van der Waals surface area contributed by atoms with Crippen LogP contribution in [0.5, 0.6) is 0 Å². The Morgan fingerprint density at radius 2 is 2.08 bits per heavy atom. The molecule has 0 aliphatic carbocycles. The second-order valence-electron chi connectivity index (χ2n) is 6.02. The van der Waals surface area contributed by atoms with Crippen molar-refractivity contribution in [2.75, 3.05) is 54.5 Å². The Morgan fingerprint density at radius 1 is 1.21 bits per heavy atom. The van der Waals surface area contributed by atoms with Gasteiger partial charge in [-0.15, -0.1) is 10.2 Å². The summed E-state index contributed by atoms with van der Waals surface area (Å²) >= 11 is 1.64. The number of ether oxygens (including phenoxy) is 1. The number of nitrogens with zero attached hydrogens (tertiary/aromatic N) is 6. The van der Waals surface area contributed by atoms with Crippen LogP contribution in [0.1, 0.15) is 11.4 Å². The lowest BCUT2D eigenvalue weighted by Gasteiger charge is -2.28. The lowest BCUT2D eigenvalue weighted by atomic mass is 10.3. The molecule has 1 atom stereocenters. The summed E-state index contributed by atoms with van der Waals surface area (Å²) in [5.74, 6) is 1.66. The van der Waals surface area contributed by atoms with Crippen molar-refractivity contribution < 1.29 is 4.74 Å². The van der Waals surface area contributed by atoms with E-state index in [1.165, 1.54) is 0 Å². The van der Waals surface area contributed by atoms with Gasteiger partial charge in [0.2, 0.25) is 11.1 Å². The van der Waals surface area contributed by atoms with Gasteiger partial charge < -0.3 is 19.9 Å². The minimum Gasteiger partial charge on any atom is -0.378 e. The van der Waals surface area contributed by atoms with Crippen LogP contribution in [0.15, 0.2) is 12.3 Å². The summed E-state index contributed by atoms with van der Waals surface area (Å²) in [7, 11) is 0. The second kappa shape index (κ2) is 6.86. The first kappa shape index (κ1) is 15.5. The Kier molecular flexibility index (Phi) is 4.44. The van der Waals surface area contributed by atoms with E-state index in [0.29, 0.717) is 12.0 Å². The van der Waals surface area contributed by atoms with Gasteiger partial charge in [-0.2, -0.15) is 4.98 Å². The number of aryl methyl sites for hydroxylation is 1. The van der Waals surface area contributed by atoms with E-state index in [4.69, 9.17) is 4.74 Å². The van der Waals surface area contributed by atoms with Crippen LogP contribution >= 0.6 is 11.3 Å². The average molecular weight is 347 g/mol. The topological polar surface area (TPSA) is 79.3 Å². The number of hydrogen-bond donors (Lipinski definition) is 1. The molecule has 8 nitrogen and oxygen atoms in total. The third-order valence-electron chi connectivity index (χ3n) is 4.28. The standard InChI is InChI=1S/C15H21N7OS/c1-11-19-20-15(24-11)22-5-3-12(10-22)17-14-16-4-2-13(18-14)21-6-8-23-9-7-21/h2,4,12H,3,5-10H2,1H3,(H,16,17,18). The van der Waals surface area contributed by atoms with Gasteiger partial charge in [0, 0.05) is 38.4 Å². The molecule has 24 heavy (non-hydrogen) atoms. The maximum absolute atomic E-state index is 5.40. The maximum Gasteiger partial charge on any atom is 0.224 e. The summed E-state index contributed by atoms with van der Waals surface area (Å²) < 4.78 is 5.40. The summed E-state index contributed by atoms with van der Waals surface area (Å²) in [4.78, 5) is 13.6. The number of anilines is 3. The van der Waals surface area contributed by atoms with E-state index < -0.39 is 0 Å². The number of aromatic nitrogens is 4. The molecule has 2 fully saturated rings. The van der Waals surface area contributed by atoms with Gasteiger partial charge in [-0.1, -0.05) is 11.3 Å². The van der Waals surface area contributed by atoms with Crippen LogP contribution < -0.4 is 15.1 Å². The van der Waals surface area contributed by atoms with Crippen molar-refractivity contribution in [2.24, 2.45) is 0 Å². The SMILES string of the molecule is Cc1nnc(N2CCC(Nc3nccc(N4CCOCC4)n3)C2)s1. The summed E-state index contributed by atoms with van der Waals surface area (Å²) in [6.45, 7) is 7.14. The highest BCUT2D eigenvalue weighted by Crippen LogP contribution is 2.25. The molecule has 9 heteroatoms. The molecule has 2 saturated heterocycles. The van der Waals surface area contributed by atoms with E-state index in [-0.39, 0.29) is 0 Å². The van der Waals surface area contributed by atoms with E-state index in [1.807, 2.05) is 19.2 Å². The molecule has 128 valence electrons. The molecule has 2 aromatic rings. The smallest absolute Gasteiger partial charge is 0.224 e. The molecular weight excluding hydrogens is 326 g/mol. The normalized spacial score (nSPS) is 21.3. The van der Waals surface area contributed by atoms with Crippen molar-refractivity contribution in [3.05, 3.63) is 17.3 Å². The van der Waals surface area contributed by atoms with E-state index in [2.05, 4.69) is 35.3 Å². The van der Waals surface area contributed by atoms with Crippen LogP contribution in [0.25, 0.3) is 0 Å². The highest BCUT2D eigenvalue weighted by Gasteiger charge is 2.25. The van der Waals surface area contributed by atoms with Crippen LogP contribution in [-0.4, -0.2) is 65.6 Å². The fraction of sp³-hybridized carbons (Fsp3) is 0.600. The van der Waals surface area contributed by atoms with E-state index >= 15 is 0 Å². The van der Waals surface area contributed by atoms with Gasteiger partial charge in [0.15, 0.2) is 0 Å². The van der Waals surface area contributed by atoms with Gasteiger partial charge in [-0.25, -0.2) is 4.98 Å². The number of hydrogen-bond acceptors (Lipinski definition) is 9. The zero-order chi connectivity index (χ0) is 16.4. The predicted molar refractivity (Wildman–Crippen MR) is 94.0 cm³/mol. The molecule has 0 aromatic carbocycles. The highest BCUT2D eigenvalue weighted by atomic mass is 32.1. The van der Waals surface area contributed by atoms with Gasteiger partial charge >= 0.3 is 0 Å². The van der Waals surface area contributed by atoms with Crippen LogP contribution in [0.2, 0.25) is 0 Å². The quantitative estimate of drug-likeness (QED) is 0.883. The first-order valence-corrected chi connectivity index (χ1v) is 9.07. The molecule has 0 saturated carbocycles. The van der Waals surface area contributed by atoms with Gasteiger partial charge in [0.05, 0.1) is 13.2 Å². The molecule has 2 aliphatic rings.